The standard InChI is InChI=1S/C24H28N4O4/c1-31-18-8-6-17(7-9-18)23(29)22-21(25)20(19-5-2-3-12-28(19)22)24(30)26-10-4-11-27-13-15-32-16-14-27/h2-3,5-9,12H,4,10-11,13-16,25H2,1H3,(H,26,30). The molecule has 0 radical (unpaired) electrons. The van der Waals surface area contributed by atoms with E-state index in [2.05, 4.69) is 10.2 Å². The van der Waals surface area contributed by atoms with Crippen molar-refractivity contribution < 1.29 is 19.1 Å². The molecule has 0 spiro atoms. The Morgan fingerprint density at radius 1 is 1.12 bits per heavy atom. The predicted octanol–water partition coefficient (Wildman–Crippen LogP) is 2.21. The first-order valence-electron chi connectivity index (χ1n) is 10.8. The molecule has 3 N–H and O–H groups in total. The van der Waals surface area contributed by atoms with E-state index in [1.807, 2.05) is 6.07 Å². The zero-order valence-corrected chi connectivity index (χ0v) is 18.2. The molecule has 3 aromatic rings. The number of fused-ring (bicyclic) bond motifs is 1. The third kappa shape index (κ3) is 4.46. The molecule has 0 saturated carbocycles. The van der Waals surface area contributed by atoms with Gasteiger partial charge in [0, 0.05) is 31.4 Å². The van der Waals surface area contributed by atoms with Crippen LogP contribution >= 0.6 is 0 Å². The van der Waals surface area contributed by atoms with Crippen LogP contribution in [0.4, 0.5) is 5.69 Å². The first-order valence-corrected chi connectivity index (χ1v) is 10.8. The molecular formula is C24H28N4O4. The lowest BCUT2D eigenvalue weighted by Gasteiger charge is -2.26. The van der Waals surface area contributed by atoms with E-state index in [4.69, 9.17) is 15.2 Å². The maximum absolute atomic E-state index is 13.3. The molecule has 8 heteroatoms. The molecule has 1 aliphatic rings. The van der Waals surface area contributed by atoms with Crippen molar-refractivity contribution in [3.05, 3.63) is 65.5 Å². The van der Waals surface area contributed by atoms with E-state index in [9.17, 15) is 9.59 Å². The average molecular weight is 437 g/mol. The van der Waals surface area contributed by atoms with Crippen LogP contribution in [0.5, 0.6) is 5.75 Å². The van der Waals surface area contributed by atoms with Crippen LogP contribution in [-0.4, -0.2) is 67.5 Å². The number of nitrogens with zero attached hydrogens (tertiary/aromatic N) is 2. The minimum atomic E-state index is -0.276. The number of rotatable bonds is 8. The van der Waals surface area contributed by atoms with Gasteiger partial charge in [-0.2, -0.15) is 0 Å². The van der Waals surface area contributed by atoms with Gasteiger partial charge in [-0.1, -0.05) is 6.07 Å². The van der Waals surface area contributed by atoms with E-state index in [1.54, 1.807) is 54.1 Å². The Morgan fingerprint density at radius 2 is 1.88 bits per heavy atom. The molecule has 8 nitrogen and oxygen atoms in total. The normalized spacial score (nSPS) is 14.4. The van der Waals surface area contributed by atoms with E-state index in [1.165, 1.54) is 0 Å². The number of ether oxygens (including phenoxy) is 2. The summed E-state index contributed by atoms with van der Waals surface area (Å²) in [6.45, 7) is 4.78. The molecule has 1 aliphatic heterocycles. The van der Waals surface area contributed by atoms with E-state index in [0.717, 1.165) is 39.3 Å². The highest BCUT2D eigenvalue weighted by molar-refractivity contribution is 6.17. The monoisotopic (exact) mass is 436 g/mol. The Labute approximate surface area is 186 Å². The number of aromatic nitrogens is 1. The van der Waals surface area contributed by atoms with Crippen LogP contribution in [-0.2, 0) is 4.74 Å². The predicted molar refractivity (Wildman–Crippen MR) is 122 cm³/mol. The van der Waals surface area contributed by atoms with E-state index in [0.29, 0.717) is 28.9 Å². The number of morpholine rings is 1. The first-order chi connectivity index (χ1) is 15.6. The quantitative estimate of drug-likeness (QED) is 0.415. The van der Waals surface area contributed by atoms with Gasteiger partial charge in [-0.05, 0) is 49.4 Å². The second-order valence-corrected chi connectivity index (χ2v) is 7.71. The second kappa shape index (κ2) is 9.84. The van der Waals surface area contributed by atoms with Gasteiger partial charge in [-0.15, -0.1) is 0 Å². The number of nitrogen functional groups attached to an aromatic ring is 1. The zero-order chi connectivity index (χ0) is 22.5. The molecule has 0 atom stereocenters. The fourth-order valence-corrected chi connectivity index (χ4v) is 4.00. The van der Waals surface area contributed by atoms with Crippen LogP contribution in [0.2, 0.25) is 0 Å². The van der Waals surface area contributed by atoms with E-state index >= 15 is 0 Å². The van der Waals surface area contributed by atoms with Crippen molar-refractivity contribution in [1.82, 2.24) is 14.6 Å². The molecule has 1 fully saturated rings. The van der Waals surface area contributed by atoms with Crippen LogP contribution in [0.15, 0.2) is 48.7 Å². The van der Waals surface area contributed by atoms with Gasteiger partial charge in [0.25, 0.3) is 5.91 Å². The maximum Gasteiger partial charge on any atom is 0.255 e. The summed E-state index contributed by atoms with van der Waals surface area (Å²) < 4.78 is 12.2. The molecule has 0 bridgehead atoms. The number of pyridine rings is 1. The number of nitrogens with two attached hydrogens (primary N) is 1. The van der Waals surface area contributed by atoms with Crippen molar-refractivity contribution in [2.24, 2.45) is 0 Å². The summed E-state index contributed by atoms with van der Waals surface area (Å²) in [6, 6.07) is 12.3. The lowest BCUT2D eigenvalue weighted by molar-refractivity contribution is 0.0374. The molecule has 1 aromatic carbocycles. The van der Waals surface area contributed by atoms with Crippen LogP contribution < -0.4 is 15.8 Å². The zero-order valence-electron chi connectivity index (χ0n) is 18.2. The molecule has 4 rings (SSSR count). The fraction of sp³-hybridized carbons (Fsp3) is 0.333. The van der Waals surface area contributed by atoms with Gasteiger partial charge in [-0.3, -0.25) is 14.5 Å². The van der Waals surface area contributed by atoms with Crippen LogP contribution in [0.3, 0.4) is 0 Å². The number of carbonyl (C=O) groups is 2. The summed E-state index contributed by atoms with van der Waals surface area (Å²) in [7, 11) is 1.57. The number of hydrogen-bond donors (Lipinski definition) is 2. The van der Waals surface area contributed by atoms with Gasteiger partial charge in [0.2, 0.25) is 5.78 Å². The summed E-state index contributed by atoms with van der Waals surface area (Å²) in [5.41, 5.74) is 8.25. The SMILES string of the molecule is COc1ccc(C(=O)c2c(N)c(C(=O)NCCCN3CCOCC3)c3ccccn23)cc1. The Balaban J connectivity index is 1.53. The van der Waals surface area contributed by atoms with Gasteiger partial charge in [0.05, 0.1) is 37.1 Å². The minimum absolute atomic E-state index is 0.183. The van der Waals surface area contributed by atoms with Gasteiger partial charge in [0.15, 0.2) is 0 Å². The second-order valence-electron chi connectivity index (χ2n) is 7.71. The number of amides is 1. The summed E-state index contributed by atoms with van der Waals surface area (Å²) >= 11 is 0. The number of benzene rings is 1. The number of methoxy groups -OCH3 is 1. The van der Waals surface area contributed by atoms with E-state index in [-0.39, 0.29) is 23.1 Å². The third-order valence-corrected chi connectivity index (χ3v) is 5.72. The number of hydrogen-bond acceptors (Lipinski definition) is 6. The van der Waals surface area contributed by atoms with Gasteiger partial charge in [0.1, 0.15) is 11.4 Å². The van der Waals surface area contributed by atoms with Crippen molar-refractivity contribution in [1.29, 1.82) is 0 Å². The van der Waals surface area contributed by atoms with E-state index < -0.39 is 0 Å². The first kappa shape index (κ1) is 21.9. The molecule has 0 unspecified atom stereocenters. The van der Waals surface area contributed by atoms with Crippen LogP contribution in [0.1, 0.15) is 32.8 Å². The smallest absolute Gasteiger partial charge is 0.255 e. The molecule has 0 aliphatic carbocycles. The van der Waals surface area contributed by atoms with Crippen molar-refractivity contribution >= 4 is 22.9 Å². The number of anilines is 1. The average Bonchev–Trinajstić information content (AvgIpc) is 3.13. The molecule has 1 amide bonds. The summed E-state index contributed by atoms with van der Waals surface area (Å²) in [5, 5.41) is 2.96. The highest BCUT2D eigenvalue weighted by Crippen LogP contribution is 2.28. The molecule has 1 saturated heterocycles. The van der Waals surface area contributed by atoms with Crippen LogP contribution in [0.25, 0.3) is 5.52 Å². The third-order valence-electron chi connectivity index (χ3n) is 5.72. The van der Waals surface area contributed by atoms with Crippen molar-refractivity contribution in [3.8, 4) is 5.75 Å². The van der Waals surface area contributed by atoms with Crippen LogP contribution in [0, 0.1) is 0 Å². The molecule has 3 heterocycles. The summed E-state index contributed by atoms with van der Waals surface area (Å²) in [4.78, 5) is 28.6. The van der Waals surface area contributed by atoms with Gasteiger partial charge in [-0.25, -0.2) is 0 Å². The largest absolute Gasteiger partial charge is 0.497 e. The van der Waals surface area contributed by atoms with Gasteiger partial charge >= 0.3 is 0 Å². The Bertz CT molecular complexity index is 1100. The lowest BCUT2D eigenvalue weighted by atomic mass is 10.1. The van der Waals surface area contributed by atoms with Crippen molar-refractivity contribution in [2.75, 3.05) is 52.2 Å². The Morgan fingerprint density at radius 3 is 2.59 bits per heavy atom. The van der Waals surface area contributed by atoms with Crippen molar-refractivity contribution in [3.63, 3.8) is 0 Å². The minimum Gasteiger partial charge on any atom is -0.497 e. The maximum atomic E-state index is 13.3. The molecule has 32 heavy (non-hydrogen) atoms. The number of nitrogens with one attached hydrogen (secondary N) is 1. The summed E-state index contributed by atoms with van der Waals surface area (Å²) in [5.74, 6) is 0.131. The van der Waals surface area contributed by atoms with Gasteiger partial charge < -0.3 is 24.9 Å². The highest BCUT2D eigenvalue weighted by Gasteiger charge is 2.26. The van der Waals surface area contributed by atoms with Crippen molar-refractivity contribution in [2.45, 2.75) is 6.42 Å². The molecule has 168 valence electrons. The highest BCUT2D eigenvalue weighted by atomic mass is 16.5. The molecule has 2 aromatic heterocycles. The Kier molecular flexibility index (Phi) is 6.72. The lowest BCUT2D eigenvalue weighted by Crippen LogP contribution is -2.38. The number of carbonyl (C=O) groups excluding carboxylic acids is 2. The topological polar surface area (TPSA) is 98.3 Å². The fourth-order valence-electron chi connectivity index (χ4n) is 4.00. The Hall–Kier alpha value is -3.36. The number of ketones is 1. The molecular weight excluding hydrogens is 408 g/mol. The summed E-state index contributed by atoms with van der Waals surface area (Å²) in [6.07, 6.45) is 2.58.